The van der Waals surface area contributed by atoms with Crippen LogP contribution in [0, 0.1) is 0 Å². The van der Waals surface area contributed by atoms with Gasteiger partial charge in [-0.2, -0.15) is 0 Å². The molecular formula is C11H12ClNOS3. The average Bonchev–Trinajstić information content (AvgIpc) is 2.88. The van der Waals surface area contributed by atoms with Crippen molar-refractivity contribution in [2.75, 3.05) is 0 Å². The van der Waals surface area contributed by atoms with Crippen molar-refractivity contribution < 1.29 is 4.21 Å². The monoisotopic (exact) mass is 305 g/mol. The molecule has 0 amide bonds. The van der Waals surface area contributed by atoms with Gasteiger partial charge >= 0.3 is 0 Å². The molecular weight excluding hydrogens is 294 g/mol. The van der Waals surface area contributed by atoms with Crippen LogP contribution in [0.4, 0.5) is 0 Å². The van der Waals surface area contributed by atoms with Crippen molar-refractivity contribution in [2.45, 2.75) is 24.9 Å². The van der Waals surface area contributed by atoms with E-state index in [0.717, 1.165) is 26.3 Å². The SMILES string of the molecule is CCc1nc(CS(=O)Cc2ccc(Cl)s2)cs1. The van der Waals surface area contributed by atoms with E-state index in [1.807, 2.05) is 17.5 Å². The van der Waals surface area contributed by atoms with Gasteiger partial charge in [0, 0.05) is 21.1 Å². The van der Waals surface area contributed by atoms with Gasteiger partial charge in [-0.15, -0.1) is 22.7 Å². The minimum absolute atomic E-state index is 0.534. The second-order valence-corrected chi connectivity index (χ2v) is 7.72. The highest BCUT2D eigenvalue weighted by Gasteiger charge is 2.08. The summed E-state index contributed by atoms with van der Waals surface area (Å²) in [6.45, 7) is 2.08. The predicted molar refractivity (Wildman–Crippen MR) is 76.4 cm³/mol. The van der Waals surface area contributed by atoms with Crippen molar-refractivity contribution in [1.29, 1.82) is 0 Å². The Morgan fingerprint density at radius 3 is 2.82 bits per heavy atom. The second-order valence-electron chi connectivity index (χ2n) is 3.52. The van der Waals surface area contributed by atoms with Crippen LogP contribution < -0.4 is 0 Å². The molecule has 2 rings (SSSR count). The van der Waals surface area contributed by atoms with Gasteiger partial charge in [-0.05, 0) is 18.6 Å². The Morgan fingerprint density at radius 2 is 2.24 bits per heavy atom. The number of hydrogen-bond donors (Lipinski definition) is 0. The maximum Gasteiger partial charge on any atom is 0.0931 e. The van der Waals surface area contributed by atoms with Crippen LogP contribution in [0.25, 0.3) is 0 Å². The molecule has 0 saturated carbocycles. The zero-order valence-corrected chi connectivity index (χ0v) is 12.5. The van der Waals surface area contributed by atoms with Gasteiger partial charge in [-0.25, -0.2) is 4.98 Å². The van der Waals surface area contributed by atoms with Crippen LogP contribution in [0.15, 0.2) is 17.5 Å². The number of nitrogens with zero attached hydrogens (tertiary/aromatic N) is 1. The van der Waals surface area contributed by atoms with E-state index < -0.39 is 10.8 Å². The van der Waals surface area contributed by atoms with Gasteiger partial charge in [0.1, 0.15) is 0 Å². The number of aromatic nitrogens is 1. The molecule has 0 spiro atoms. The molecule has 1 unspecified atom stereocenters. The topological polar surface area (TPSA) is 30.0 Å². The fourth-order valence-electron chi connectivity index (χ4n) is 1.38. The highest BCUT2D eigenvalue weighted by molar-refractivity contribution is 7.83. The quantitative estimate of drug-likeness (QED) is 0.839. The lowest BCUT2D eigenvalue weighted by Crippen LogP contribution is -1.98. The first-order valence-electron chi connectivity index (χ1n) is 5.20. The molecule has 2 aromatic heterocycles. The van der Waals surface area contributed by atoms with Gasteiger partial charge in [0.15, 0.2) is 0 Å². The Hall–Kier alpha value is -0.230. The van der Waals surface area contributed by atoms with Crippen LogP contribution in [0.1, 0.15) is 22.5 Å². The van der Waals surface area contributed by atoms with E-state index in [9.17, 15) is 4.21 Å². The molecule has 0 saturated heterocycles. The van der Waals surface area contributed by atoms with Crippen molar-refractivity contribution in [3.05, 3.63) is 37.4 Å². The Bertz CT molecular complexity index is 520. The fraction of sp³-hybridized carbons (Fsp3) is 0.364. The molecule has 1 atom stereocenters. The molecule has 2 aromatic rings. The maximum atomic E-state index is 11.9. The van der Waals surface area contributed by atoms with Crippen molar-refractivity contribution in [1.82, 2.24) is 4.98 Å². The molecule has 0 radical (unpaired) electrons. The summed E-state index contributed by atoms with van der Waals surface area (Å²) in [7, 11) is -0.901. The molecule has 2 nitrogen and oxygen atoms in total. The van der Waals surface area contributed by atoms with Crippen molar-refractivity contribution in [2.24, 2.45) is 0 Å². The molecule has 2 heterocycles. The average molecular weight is 306 g/mol. The summed E-state index contributed by atoms with van der Waals surface area (Å²) in [4.78, 5) is 5.49. The Balaban J connectivity index is 1.93. The van der Waals surface area contributed by atoms with Crippen LogP contribution in [0.2, 0.25) is 4.34 Å². The second kappa shape index (κ2) is 6.09. The van der Waals surface area contributed by atoms with E-state index in [1.165, 1.54) is 11.3 Å². The van der Waals surface area contributed by atoms with E-state index in [1.54, 1.807) is 11.3 Å². The standard InChI is InChI=1S/C11H12ClNOS3/c1-2-11-13-8(5-15-11)6-17(14)7-9-3-4-10(12)16-9/h3-5H,2,6-7H2,1H3. The lowest BCUT2D eigenvalue weighted by atomic mass is 10.5. The summed E-state index contributed by atoms with van der Waals surface area (Å²) < 4.78 is 12.7. The van der Waals surface area contributed by atoms with Crippen molar-refractivity contribution in [3.63, 3.8) is 0 Å². The van der Waals surface area contributed by atoms with Crippen molar-refractivity contribution in [3.8, 4) is 0 Å². The van der Waals surface area contributed by atoms with Gasteiger partial charge in [0.25, 0.3) is 0 Å². The van der Waals surface area contributed by atoms with Gasteiger partial charge in [0.2, 0.25) is 0 Å². The van der Waals surface area contributed by atoms with Gasteiger partial charge in [-0.1, -0.05) is 18.5 Å². The normalized spacial score (nSPS) is 12.8. The fourth-order valence-corrected chi connectivity index (χ4v) is 4.74. The van der Waals surface area contributed by atoms with Gasteiger partial charge in [0.05, 0.1) is 26.5 Å². The van der Waals surface area contributed by atoms with E-state index in [2.05, 4.69) is 11.9 Å². The summed E-state index contributed by atoms with van der Waals surface area (Å²) in [5.74, 6) is 1.10. The summed E-state index contributed by atoms with van der Waals surface area (Å²) in [6.07, 6.45) is 0.942. The zero-order valence-electron chi connectivity index (χ0n) is 9.31. The van der Waals surface area contributed by atoms with E-state index >= 15 is 0 Å². The van der Waals surface area contributed by atoms with Crippen LogP contribution in [-0.2, 0) is 28.7 Å². The number of halogens is 1. The first kappa shape index (κ1) is 13.2. The summed E-state index contributed by atoms with van der Waals surface area (Å²) in [5.41, 5.74) is 0.938. The van der Waals surface area contributed by atoms with Crippen LogP contribution in [0.5, 0.6) is 0 Å². The molecule has 0 aliphatic heterocycles. The third kappa shape index (κ3) is 3.88. The summed E-state index contributed by atoms with van der Waals surface area (Å²) in [5, 5.41) is 3.11. The lowest BCUT2D eigenvalue weighted by molar-refractivity contribution is 0.682. The van der Waals surface area contributed by atoms with Gasteiger partial charge < -0.3 is 0 Å². The molecule has 0 aliphatic rings. The number of thiazole rings is 1. The Morgan fingerprint density at radius 1 is 1.41 bits per heavy atom. The Labute approximate surface area is 116 Å². The Kier molecular flexibility index (Phi) is 4.73. The molecule has 6 heteroatoms. The van der Waals surface area contributed by atoms with Crippen LogP contribution >= 0.6 is 34.3 Å². The molecule has 0 aromatic carbocycles. The minimum atomic E-state index is -0.901. The summed E-state index contributed by atoms with van der Waals surface area (Å²) >= 11 is 8.96. The van der Waals surface area contributed by atoms with Gasteiger partial charge in [-0.3, -0.25) is 4.21 Å². The first-order valence-corrected chi connectivity index (χ1v) is 8.76. The third-order valence-corrected chi connectivity index (χ3v) is 5.85. The molecule has 0 bridgehead atoms. The number of aryl methyl sites for hydroxylation is 1. The van der Waals surface area contributed by atoms with Crippen LogP contribution in [0.3, 0.4) is 0 Å². The van der Waals surface area contributed by atoms with Crippen molar-refractivity contribution >= 4 is 45.1 Å². The third-order valence-electron chi connectivity index (χ3n) is 2.14. The van der Waals surface area contributed by atoms with E-state index in [0.29, 0.717) is 11.5 Å². The maximum absolute atomic E-state index is 11.9. The molecule has 17 heavy (non-hydrogen) atoms. The highest BCUT2D eigenvalue weighted by atomic mass is 35.5. The zero-order chi connectivity index (χ0) is 12.3. The number of rotatable bonds is 5. The molecule has 92 valence electrons. The highest BCUT2D eigenvalue weighted by Crippen LogP contribution is 2.23. The van der Waals surface area contributed by atoms with Crippen LogP contribution in [-0.4, -0.2) is 9.19 Å². The van der Waals surface area contributed by atoms with E-state index in [-0.39, 0.29) is 0 Å². The lowest BCUT2D eigenvalue weighted by Gasteiger charge is -1.97. The summed E-state index contributed by atoms with van der Waals surface area (Å²) in [6, 6.07) is 3.78. The smallest absolute Gasteiger partial charge is 0.0931 e. The minimum Gasteiger partial charge on any atom is -0.259 e. The van der Waals surface area contributed by atoms with E-state index in [4.69, 9.17) is 11.6 Å². The number of thiophene rings is 1. The molecule has 0 aliphatic carbocycles. The number of hydrogen-bond acceptors (Lipinski definition) is 4. The largest absolute Gasteiger partial charge is 0.259 e. The molecule has 0 N–H and O–H groups in total. The predicted octanol–water partition coefficient (Wildman–Crippen LogP) is 3.87. The first-order chi connectivity index (χ1) is 8.17. The molecule has 0 fully saturated rings.